The van der Waals surface area contributed by atoms with E-state index in [9.17, 15) is 14.4 Å². The number of aromatic amines is 1. The summed E-state index contributed by atoms with van der Waals surface area (Å²) in [6.45, 7) is 3.02. The molecule has 8 nitrogen and oxygen atoms in total. The monoisotopic (exact) mass is 406 g/mol. The Labute approximate surface area is 173 Å². The highest BCUT2D eigenvalue weighted by Gasteiger charge is 2.21. The molecule has 0 radical (unpaired) electrons. The predicted octanol–water partition coefficient (Wildman–Crippen LogP) is 2.55. The molecule has 0 aliphatic heterocycles. The van der Waals surface area contributed by atoms with E-state index < -0.39 is 17.9 Å². The lowest BCUT2D eigenvalue weighted by Gasteiger charge is -2.13. The summed E-state index contributed by atoms with van der Waals surface area (Å²) in [7, 11) is 1.46. The molecule has 4 N–H and O–H groups in total. The molecule has 3 aromatic rings. The van der Waals surface area contributed by atoms with Gasteiger partial charge in [0, 0.05) is 5.56 Å². The molecule has 30 heavy (non-hydrogen) atoms. The Morgan fingerprint density at radius 2 is 1.97 bits per heavy atom. The summed E-state index contributed by atoms with van der Waals surface area (Å²) in [6.07, 6.45) is 3.59. The number of carbonyl (C=O) groups excluding carboxylic acids is 3. The van der Waals surface area contributed by atoms with Gasteiger partial charge in [-0.15, -0.1) is 0 Å². The van der Waals surface area contributed by atoms with E-state index in [1.165, 1.54) is 21.0 Å². The smallest absolute Gasteiger partial charge is 0.255 e. The van der Waals surface area contributed by atoms with E-state index >= 15 is 0 Å². The van der Waals surface area contributed by atoms with Gasteiger partial charge in [0.05, 0.1) is 29.3 Å². The number of fused-ring (bicyclic) bond motifs is 1. The maximum absolute atomic E-state index is 12.6. The lowest BCUT2D eigenvalue weighted by Crippen LogP contribution is -2.42. The molecule has 1 heterocycles. The molecule has 1 aromatic heterocycles. The number of methoxy groups -OCH3 is 1. The third kappa shape index (κ3) is 4.22. The van der Waals surface area contributed by atoms with Crippen LogP contribution >= 0.6 is 0 Å². The van der Waals surface area contributed by atoms with Crippen molar-refractivity contribution < 1.29 is 19.1 Å². The van der Waals surface area contributed by atoms with Gasteiger partial charge in [0.1, 0.15) is 11.8 Å². The van der Waals surface area contributed by atoms with Gasteiger partial charge in [0.15, 0.2) is 5.78 Å². The second kappa shape index (κ2) is 8.60. The molecule has 1 atom stereocenters. The highest BCUT2D eigenvalue weighted by molar-refractivity contribution is 6.06. The number of primary amides is 1. The molecular weight excluding hydrogens is 384 g/mol. The van der Waals surface area contributed by atoms with Gasteiger partial charge in [-0.05, 0) is 43.7 Å². The Morgan fingerprint density at radius 1 is 1.20 bits per heavy atom. The normalized spacial score (nSPS) is 12.1. The maximum atomic E-state index is 12.6. The van der Waals surface area contributed by atoms with Crippen molar-refractivity contribution in [1.82, 2.24) is 15.5 Å². The topological polar surface area (TPSA) is 127 Å². The van der Waals surface area contributed by atoms with Crippen LogP contribution in [-0.2, 0) is 4.79 Å². The number of benzene rings is 2. The molecule has 0 saturated carbocycles. The van der Waals surface area contributed by atoms with Crippen LogP contribution in [0, 0.1) is 0 Å². The van der Waals surface area contributed by atoms with E-state index in [-0.39, 0.29) is 11.3 Å². The summed E-state index contributed by atoms with van der Waals surface area (Å²) in [5, 5.41) is 10.4. The van der Waals surface area contributed by atoms with Gasteiger partial charge < -0.3 is 15.8 Å². The van der Waals surface area contributed by atoms with E-state index in [4.69, 9.17) is 10.5 Å². The fraction of sp³-hybridized carbons (Fsp3) is 0.182. The number of H-pyrrole nitrogens is 1. The van der Waals surface area contributed by atoms with Crippen LogP contribution in [0.2, 0.25) is 0 Å². The number of hydrogen-bond acceptors (Lipinski definition) is 5. The number of Topliss-reactive ketones (excluding diaryl/α,β-unsaturated/α-hetero) is 1. The van der Waals surface area contributed by atoms with Crippen molar-refractivity contribution in [3.63, 3.8) is 0 Å². The van der Waals surface area contributed by atoms with E-state index in [0.717, 1.165) is 5.56 Å². The zero-order valence-electron chi connectivity index (χ0n) is 16.9. The van der Waals surface area contributed by atoms with Crippen molar-refractivity contribution in [3.8, 4) is 5.75 Å². The van der Waals surface area contributed by atoms with E-state index in [2.05, 4.69) is 15.5 Å². The zero-order chi connectivity index (χ0) is 21.8. The summed E-state index contributed by atoms with van der Waals surface area (Å²) in [5.74, 6) is -0.806. The molecule has 1 unspecified atom stereocenters. The Morgan fingerprint density at radius 3 is 2.63 bits per heavy atom. The van der Waals surface area contributed by atoms with Gasteiger partial charge in [-0.2, -0.15) is 5.10 Å². The van der Waals surface area contributed by atoms with Crippen LogP contribution in [0.4, 0.5) is 0 Å². The number of hydrogen-bond donors (Lipinski definition) is 3. The van der Waals surface area contributed by atoms with Crippen LogP contribution in [0.15, 0.2) is 36.4 Å². The summed E-state index contributed by atoms with van der Waals surface area (Å²) >= 11 is 0. The number of nitrogens with zero attached hydrogens (tertiary/aromatic N) is 1. The second-order valence-corrected chi connectivity index (χ2v) is 6.79. The highest BCUT2D eigenvalue weighted by Crippen LogP contribution is 2.32. The molecule has 3 rings (SSSR count). The first-order chi connectivity index (χ1) is 14.3. The molecule has 0 saturated heterocycles. The minimum atomic E-state index is -0.824. The fourth-order valence-corrected chi connectivity index (χ4v) is 3.00. The number of carbonyl (C=O) groups is 3. The van der Waals surface area contributed by atoms with Crippen LogP contribution in [0.5, 0.6) is 5.75 Å². The summed E-state index contributed by atoms with van der Waals surface area (Å²) in [4.78, 5) is 35.5. The lowest BCUT2D eigenvalue weighted by atomic mass is 10.1. The lowest BCUT2D eigenvalue weighted by molar-refractivity contribution is -0.119. The number of nitrogens with two attached hydrogens (primary N) is 1. The first kappa shape index (κ1) is 20.8. The summed E-state index contributed by atoms with van der Waals surface area (Å²) in [6, 6.07) is 9.70. The Balaban J connectivity index is 2.01. The number of rotatable bonds is 7. The minimum Gasteiger partial charge on any atom is -0.495 e. The Bertz CT molecular complexity index is 1160. The van der Waals surface area contributed by atoms with Gasteiger partial charge in [-0.1, -0.05) is 24.3 Å². The van der Waals surface area contributed by atoms with E-state index in [1.54, 1.807) is 30.3 Å². The molecular formula is C22H22N4O4. The number of ketones is 1. The van der Waals surface area contributed by atoms with Crippen LogP contribution < -0.4 is 15.8 Å². The van der Waals surface area contributed by atoms with Crippen molar-refractivity contribution in [1.29, 1.82) is 0 Å². The molecule has 0 fully saturated rings. The number of nitrogens with one attached hydrogen (secondary N) is 2. The van der Waals surface area contributed by atoms with Crippen molar-refractivity contribution in [3.05, 3.63) is 58.8 Å². The minimum absolute atomic E-state index is 0.0158. The number of amides is 2. The molecule has 0 aliphatic rings. The molecule has 154 valence electrons. The van der Waals surface area contributed by atoms with Gasteiger partial charge in [-0.3, -0.25) is 19.5 Å². The average molecular weight is 406 g/mol. The Kier molecular flexibility index (Phi) is 5.96. The average Bonchev–Trinajstić information content (AvgIpc) is 3.14. The third-order valence-electron chi connectivity index (χ3n) is 4.66. The maximum Gasteiger partial charge on any atom is 0.255 e. The summed E-state index contributed by atoms with van der Waals surface area (Å²) < 4.78 is 5.51. The van der Waals surface area contributed by atoms with Crippen molar-refractivity contribution in [2.45, 2.75) is 19.9 Å². The van der Waals surface area contributed by atoms with E-state index in [1.807, 2.05) is 18.2 Å². The van der Waals surface area contributed by atoms with Crippen LogP contribution in [-0.4, -0.2) is 40.9 Å². The summed E-state index contributed by atoms with van der Waals surface area (Å²) in [5.41, 5.74) is 8.18. The van der Waals surface area contributed by atoms with Gasteiger partial charge >= 0.3 is 0 Å². The molecule has 2 aromatic carbocycles. The van der Waals surface area contributed by atoms with Crippen molar-refractivity contribution in [2.75, 3.05) is 7.11 Å². The predicted molar refractivity (Wildman–Crippen MR) is 114 cm³/mol. The molecule has 0 bridgehead atoms. The van der Waals surface area contributed by atoms with Gasteiger partial charge in [0.2, 0.25) is 5.91 Å². The van der Waals surface area contributed by atoms with Crippen LogP contribution in [0.3, 0.4) is 0 Å². The third-order valence-corrected chi connectivity index (χ3v) is 4.66. The van der Waals surface area contributed by atoms with Crippen molar-refractivity contribution >= 4 is 40.7 Å². The van der Waals surface area contributed by atoms with Gasteiger partial charge in [0.25, 0.3) is 5.91 Å². The van der Waals surface area contributed by atoms with Crippen molar-refractivity contribution in [2.24, 2.45) is 5.73 Å². The molecule has 2 amide bonds. The molecule has 8 heteroatoms. The quantitative estimate of drug-likeness (QED) is 0.520. The zero-order valence-corrected chi connectivity index (χ0v) is 16.9. The SMILES string of the molecule is COc1c(C(=O)NC(C)C(N)=O)ccc2[nH]nc(/C=C/c3cccc(C(C)=O)c3)c12. The second-order valence-electron chi connectivity index (χ2n) is 6.79. The molecule has 0 aliphatic carbocycles. The largest absolute Gasteiger partial charge is 0.495 e. The number of ether oxygens (including phenoxy) is 1. The highest BCUT2D eigenvalue weighted by atomic mass is 16.5. The first-order valence-corrected chi connectivity index (χ1v) is 9.26. The number of aromatic nitrogens is 2. The van der Waals surface area contributed by atoms with Crippen LogP contribution in [0.1, 0.15) is 45.8 Å². The van der Waals surface area contributed by atoms with Crippen LogP contribution in [0.25, 0.3) is 23.1 Å². The molecule has 0 spiro atoms. The standard InChI is InChI=1S/C22H22N4O4/c1-12(21(23)28)24-22(29)16-8-10-18-19(20(16)30-3)17(25-26-18)9-7-14-5-4-6-15(11-14)13(2)27/h4-12H,1-3H3,(H2,23,28)(H,24,29)(H,25,26)/b9-7+. The first-order valence-electron chi connectivity index (χ1n) is 9.26. The van der Waals surface area contributed by atoms with E-state index in [0.29, 0.717) is 27.9 Å². The Hall–Kier alpha value is -3.94. The fourth-order valence-electron chi connectivity index (χ4n) is 3.00. The van der Waals surface area contributed by atoms with Gasteiger partial charge in [-0.25, -0.2) is 0 Å².